The van der Waals surface area contributed by atoms with Crippen molar-refractivity contribution in [3.63, 3.8) is 0 Å². The fraction of sp³-hybridized carbons (Fsp3) is 0.278. The zero-order valence-corrected chi connectivity index (χ0v) is 14.7. The fourth-order valence-electron chi connectivity index (χ4n) is 2.48. The van der Waals surface area contributed by atoms with Crippen molar-refractivity contribution in [2.75, 3.05) is 21.3 Å². The number of carbonyl (C=O) groups is 2. The van der Waals surface area contributed by atoms with E-state index in [1.54, 1.807) is 30.3 Å². The van der Waals surface area contributed by atoms with Gasteiger partial charge in [-0.2, -0.15) is 0 Å². The van der Waals surface area contributed by atoms with Crippen LogP contribution in [0.5, 0.6) is 17.4 Å². The number of methoxy groups -OCH3 is 3. The van der Waals surface area contributed by atoms with Crippen LogP contribution in [0.15, 0.2) is 36.5 Å². The van der Waals surface area contributed by atoms with E-state index in [2.05, 4.69) is 10.3 Å². The smallest absolute Gasteiger partial charge is 0.305 e. The molecule has 2 N–H and O–H groups in total. The molecule has 1 aromatic carbocycles. The fourth-order valence-corrected chi connectivity index (χ4v) is 2.48. The molecule has 0 fully saturated rings. The van der Waals surface area contributed by atoms with E-state index in [-0.39, 0.29) is 17.9 Å². The summed E-state index contributed by atoms with van der Waals surface area (Å²) in [6.07, 6.45) is 1.17. The Morgan fingerprint density at radius 2 is 1.92 bits per heavy atom. The van der Waals surface area contributed by atoms with E-state index in [1.165, 1.54) is 27.5 Å². The molecule has 138 valence electrons. The van der Waals surface area contributed by atoms with Crippen LogP contribution in [0, 0.1) is 0 Å². The summed E-state index contributed by atoms with van der Waals surface area (Å²) in [4.78, 5) is 27.9. The van der Waals surface area contributed by atoms with E-state index >= 15 is 0 Å². The molecule has 1 aromatic heterocycles. The van der Waals surface area contributed by atoms with Gasteiger partial charge in [0.2, 0.25) is 5.88 Å². The average molecular weight is 360 g/mol. The Morgan fingerprint density at radius 1 is 1.15 bits per heavy atom. The number of pyridine rings is 1. The Balaban J connectivity index is 2.36. The van der Waals surface area contributed by atoms with Gasteiger partial charge in [-0.05, 0) is 24.3 Å². The Bertz CT molecular complexity index is 793. The largest absolute Gasteiger partial charge is 0.497 e. The molecule has 2 rings (SSSR count). The standard InChI is InChI=1S/C18H20N2O6/c1-24-11-6-7-12(15(9-11)25-2)14(10-16(21)22)20-17(23)13-5-4-8-19-18(13)26-3/h4-9,14H,10H2,1-3H3,(H,20,23)(H,21,22). The Morgan fingerprint density at radius 3 is 2.54 bits per heavy atom. The molecule has 0 spiro atoms. The van der Waals surface area contributed by atoms with Crippen molar-refractivity contribution >= 4 is 11.9 Å². The summed E-state index contributed by atoms with van der Waals surface area (Å²) in [7, 11) is 4.38. The van der Waals surface area contributed by atoms with Crippen LogP contribution in [0.2, 0.25) is 0 Å². The van der Waals surface area contributed by atoms with Crippen molar-refractivity contribution in [1.82, 2.24) is 10.3 Å². The summed E-state index contributed by atoms with van der Waals surface area (Å²) in [6, 6.07) is 7.28. The summed E-state index contributed by atoms with van der Waals surface area (Å²) in [6.45, 7) is 0. The summed E-state index contributed by atoms with van der Waals surface area (Å²) in [5.74, 6) is -0.444. The highest BCUT2D eigenvalue weighted by Crippen LogP contribution is 2.31. The third kappa shape index (κ3) is 4.41. The molecular formula is C18H20N2O6. The Labute approximate surface area is 150 Å². The highest BCUT2D eigenvalue weighted by Gasteiger charge is 2.24. The highest BCUT2D eigenvalue weighted by molar-refractivity contribution is 5.96. The molecule has 1 amide bonds. The van der Waals surface area contributed by atoms with Gasteiger partial charge >= 0.3 is 5.97 Å². The van der Waals surface area contributed by atoms with Gasteiger partial charge in [-0.1, -0.05) is 0 Å². The molecule has 0 aliphatic carbocycles. The SMILES string of the molecule is COc1ccc(C(CC(=O)O)NC(=O)c2cccnc2OC)c(OC)c1. The summed E-state index contributed by atoms with van der Waals surface area (Å²) in [5, 5.41) is 11.9. The second-order valence-corrected chi connectivity index (χ2v) is 5.29. The first-order valence-corrected chi connectivity index (χ1v) is 7.73. The average Bonchev–Trinajstić information content (AvgIpc) is 2.66. The number of ether oxygens (including phenoxy) is 3. The van der Waals surface area contributed by atoms with Crippen LogP contribution < -0.4 is 19.5 Å². The maximum Gasteiger partial charge on any atom is 0.305 e. The third-order valence-corrected chi connectivity index (χ3v) is 3.71. The van der Waals surface area contributed by atoms with Gasteiger partial charge in [0.15, 0.2) is 0 Å². The minimum Gasteiger partial charge on any atom is -0.497 e. The van der Waals surface area contributed by atoms with Crippen molar-refractivity contribution < 1.29 is 28.9 Å². The normalized spacial score (nSPS) is 11.3. The predicted octanol–water partition coefficient (Wildman–Crippen LogP) is 2.05. The Kier molecular flexibility index (Phi) is 6.37. The van der Waals surface area contributed by atoms with E-state index in [0.717, 1.165) is 0 Å². The molecule has 8 nitrogen and oxygen atoms in total. The number of benzene rings is 1. The number of hydrogen-bond donors (Lipinski definition) is 2. The monoisotopic (exact) mass is 360 g/mol. The topological polar surface area (TPSA) is 107 Å². The minimum atomic E-state index is -1.06. The lowest BCUT2D eigenvalue weighted by atomic mass is 10.0. The van der Waals surface area contributed by atoms with Crippen molar-refractivity contribution in [2.24, 2.45) is 0 Å². The number of aromatic nitrogens is 1. The molecule has 2 aromatic rings. The molecule has 1 unspecified atom stereocenters. The van der Waals surface area contributed by atoms with Gasteiger partial charge < -0.3 is 24.6 Å². The third-order valence-electron chi connectivity index (χ3n) is 3.71. The molecule has 0 radical (unpaired) electrons. The van der Waals surface area contributed by atoms with Crippen LogP contribution in [-0.2, 0) is 4.79 Å². The van der Waals surface area contributed by atoms with Gasteiger partial charge in [0, 0.05) is 17.8 Å². The number of hydrogen-bond acceptors (Lipinski definition) is 6. The number of amides is 1. The zero-order chi connectivity index (χ0) is 19.1. The van der Waals surface area contributed by atoms with Crippen LogP contribution >= 0.6 is 0 Å². The van der Waals surface area contributed by atoms with Crippen molar-refractivity contribution in [2.45, 2.75) is 12.5 Å². The van der Waals surface area contributed by atoms with E-state index in [9.17, 15) is 14.7 Å². The quantitative estimate of drug-likeness (QED) is 0.742. The number of carboxylic acid groups (broad SMARTS) is 1. The molecule has 0 aliphatic rings. The molecule has 1 heterocycles. The van der Waals surface area contributed by atoms with Gasteiger partial charge in [0.05, 0.1) is 33.8 Å². The van der Waals surface area contributed by atoms with Gasteiger partial charge in [-0.3, -0.25) is 9.59 Å². The molecule has 0 saturated carbocycles. The maximum atomic E-state index is 12.6. The first kappa shape index (κ1) is 19.0. The lowest BCUT2D eigenvalue weighted by Gasteiger charge is -2.21. The summed E-state index contributed by atoms with van der Waals surface area (Å²) in [5.41, 5.74) is 0.727. The maximum absolute atomic E-state index is 12.6. The van der Waals surface area contributed by atoms with Gasteiger partial charge in [-0.25, -0.2) is 4.98 Å². The first-order valence-electron chi connectivity index (χ1n) is 7.73. The van der Waals surface area contributed by atoms with Crippen LogP contribution in [-0.4, -0.2) is 43.3 Å². The zero-order valence-electron chi connectivity index (χ0n) is 14.7. The number of carboxylic acids is 1. The number of nitrogens with one attached hydrogen (secondary N) is 1. The predicted molar refractivity (Wildman–Crippen MR) is 92.8 cm³/mol. The van der Waals surface area contributed by atoms with Crippen LogP contribution in [0.25, 0.3) is 0 Å². The molecular weight excluding hydrogens is 340 g/mol. The van der Waals surface area contributed by atoms with E-state index < -0.39 is 17.9 Å². The van der Waals surface area contributed by atoms with Crippen LogP contribution in [0.4, 0.5) is 0 Å². The van der Waals surface area contributed by atoms with Crippen LogP contribution in [0.3, 0.4) is 0 Å². The second kappa shape index (κ2) is 8.70. The van der Waals surface area contributed by atoms with E-state index in [4.69, 9.17) is 14.2 Å². The number of aliphatic carboxylic acids is 1. The highest BCUT2D eigenvalue weighted by atomic mass is 16.5. The van der Waals surface area contributed by atoms with Crippen molar-refractivity contribution in [3.8, 4) is 17.4 Å². The molecule has 8 heteroatoms. The van der Waals surface area contributed by atoms with E-state index in [0.29, 0.717) is 17.1 Å². The second-order valence-electron chi connectivity index (χ2n) is 5.29. The molecule has 1 atom stereocenters. The number of nitrogens with zero attached hydrogens (tertiary/aromatic N) is 1. The Hall–Kier alpha value is -3.29. The van der Waals surface area contributed by atoms with Crippen molar-refractivity contribution in [3.05, 3.63) is 47.7 Å². The summed E-state index contributed by atoms with van der Waals surface area (Å²) < 4.78 is 15.5. The molecule has 26 heavy (non-hydrogen) atoms. The lowest BCUT2D eigenvalue weighted by Crippen LogP contribution is -2.31. The van der Waals surface area contributed by atoms with Gasteiger partial charge in [0.1, 0.15) is 17.1 Å². The lowest BCUT2D eigenvalue weighted by molar-refractivity contribution is -0.137. The minimum absolute atomic E-state index is 0.153. The molecule has 0 bridgehead atoms. The van der Waals surface area contributed by atoms with Crippen molar-refractivity contribution in [1.29, 1.82) is 0 Å². The first-order chi connectivity index (χ1) is 12.5. The van der Waals surface area contributed by atoms with Gasteiger partial charge in [-0.15, -0.1) is 0 Å². The summed E-state index contributed by atoms with van der Waals surface area (Å²) >= 11 is 0. The molecule has 0 saturated heterocycles. The number of rotatable bonds is 8. The number of carbonyl (C=O) groups excluding carboxylic acids is 1. The van der Waals surface area contributed by atoms with Gasteiger partial charge in [0.25, 0.3) is 5.91 Å². The molecule has 0 aliphatic heterocycles. The van der Waals surface area contributed by atoms with E-state index in [1.807, 2.05) is 0 Å². The van der Waals surface area contributed by atoms with Crippen LogP contribution in [0.1, 0.15) is 28.4 Å².